The number of hydrogen-bond acceptors (Lipinski definition) is 6. The van der Waals surface area contributed by atoms with E-state index in [1.54, 1.807) is 0 Å². The minimum absolute atomic E-state index is 0.0648. The van der Waals surface area contributed by atoms with E-state index in [9.17, 15) is 19.8 Å². The molecule has 0 spiro atoms. The van der Waals surface area contributed by atoms with Crippen molar-refractivity contribution in [3.63, 3.8) is 0 Å². The molecule has 0 saturated carbocycles. The van der Waals surface area contributed by atoms with E-state index in [0.29, 0.717) is 32.7 Å². The monoisotopic (exact) mass is 604 g/mol. The molecular weight excluding hydrogens is 556 g/mol. The highest BCUT2D eigenvalue weighted by atomic mass is 16.5. The standard InChI is InChI=1S/C35H48N4O5/c1-4-5-17-37(18-9-8-16-36(2)3)32(40)24-39-23-29(25-12-13-31-26(21-25)15-20-44-31)33(35(42)43)30(39)14-19-38-22-27-10-6-7-11-28(27)34(38)41/h6-7,10-13,21-22,29-30,33,41H,4-5,8-9,14-20,23-24H2,1-3H3,(H,42,43)/t29-,30+,33?/m1/s1. The molecule has 3 atom stereocenters. The third-order valence-corrected chi connectivity index (χ3v) is 9.37. The molecule has 1 aromatic heterocycles. The minimum atomic E-state index is -0.847. The lowest BCUT2D eigenvalue weighted by atomic mass is 9.83. The molecule has 2 aromatic carbocycles. The van der Waals surface area contributed by atoms with E-state index in [0.717, 1.165) is 72.8 Å². The number of carbonyl (C=O) groups is 2. The van der Waals surface area contributed by atoms with Gasteiger partial charge in [0.15, 0.2) is 5.88 Å². The molecule has 238 valence electrons. The van der Waals surface area contributed by atoms with Crippen LogP contribution in [-0.4, -0.2) is 101 Å². The zero-order valence-electron chi connectivity index (χ0n) is 26.5. The molecule has 2 N–H and O–H groups in total. The first-order chi connectivity index (χ1) is 21.3. The number of carboxylic acids is 1. The summed E-state index contributed by atoms with van der Waals surface area (Å²) in [5, 5.41) is 23.3. The van der Waals surface area contributed by atoms with Crippen molar-refractivity contribution in [2.24, 2.45) is 5.92 Å². The van der Waals surface area contributed by atoms with Crippen LogP contribution in [0.5, 0.6) is 11.6 Å². The minimum Gasteiger partial charge on any atom is -0.494 e. The van der Waals surface area contributed by atoms with Crippen molar-refractivity contribution in [3.8, 4) is 11.6 Å². The number of carbonyl (C=O) groups excluding carboxylic acids is 1. The van der Waals surface area contributed by atoms with Crippen molar-refractivity contribution in [2.75, 3.05) is 53.4 Å². The number of hydrogen-bond donors (Lipinski definition) is 2. The Morgan fingerprint density at radius 3 is 2.57 bits per heavy atom. The van der Waals surface area contributed by atoms with Crippen LogP contribution in [-0.2, 0) is 22.6 Å². The number of likely N-dealkylation sites (tertiary alicyclic amines) is 1. The number of ether oxygens (including phenoxy) is 1. The molecule has 1 fully saturated rings. The Kier molecular flexibility index (Phi) is 10.5. The lowest BCUT2D eigenvalue weighted by Gasteiger charge is -2.30. The topological polar surface area (TPSA) is 98.5 Å². The summed E-state index contributed by atoms with van der Waals surface area (Å²) in [5.74, 6) is -0.655. The molecule has 0 bridgehead atoms. The number of nitrogens with zero attached hydrogens (tertiary/aromatic N) is 4. The van der Waals surface area contributed by atoms with Gasteiger partial charge in [-0.25, -0.2) is 0 Å². The van der Waals surface area contributed by atoms with E-state index in [1.165, 1.54) is 0 Å². The largest absolute Gasteiger partial charge is 0.494 e. The normalized spacial score (nSPS) is 19.9. The molecule has 5 rings (SSSR count). The van der Waals surface area contributed by atoms with E-state index < -0.39 is 11.9 Å². The van der Waals surface area contributed by atoms with Crippen LogP contribution in [0.25, 0.3) is 10.8 Å². The van der Waals surface area contributed by atoms with Crippen LogP contribution < -0.4 is 4.74 Å². The van der Waals surface area contributed by atoms with Gasteiger partial charge in [0.25, 0.3) is 0 Å². The van der Waals surface area contributed by atoms with Crippen molar-refractivity contribution in [2.45, 2.75) is 64.0 Å². The van der Waals surface area contributed by atoms with E-state index in [4.69, 9.17) is 4.74 Å². The molecule has 9 nitrogen and oxygen atoms in total. The van der Waals surface area contributed by atoms with E-state index in [2.05, 4.69) is 36.9 Å². The molecule has 3 aromatic rings. The molecule has 0 radical (unpaired) electrons. The van der Waals surface area contributed by atoms with E-state index in [-0.39, 0.29) is 30.3 Å². The summed E-state index contributed by atoms with van der Waals surface area (Å²) in [6.07, 6.45) is 7.16. The number of benzene rings is 2. The second-order valence-electron chi connectivity index (χ2n) is 12.7. The Labute approximate surface area is 261 Å². The van der Waals surface area contributed by atoms with Gasteiger partial charge in [-0.05, 0) is 69.6 Å². The average Bonchev–Trinajstić information content (AvgIpc) is 3.70. The highest BCUT2D eigenvalue weighted by Gasteiger charge is 2.47. The lowest BCUT2D eigenvalue weighted by Crippen LogP contribution is -2.45. The van der Waals surface area contributed by atoms with Gasteiger partial charge in [0, 0.05) is 61.5 Å². The molecule has 1 amide bonds. The number of aromatic nitrogens is 1. The maximum atomic E-state index is 13.9. The number of rotatable bonds is 15. The van der Waals surface area contributed by atoms with Crippen LogP contribution in [0.4, 0.5) is 0 Å². The Morgan fingerprint density at radius 1 is 1.05 bits per heavy atom. The van der Waals surface area contributed by atoms with Crippen molar-refractivity contribution >= 4 is 22.6 Å². The summed E-state index contributed by atoms with van der Waals surface area (Å²) in [4.78, 5) is 33.1. The summed E-state index contributed by atoms with van der Waals surface area (Å²) < 4.78 is 7.52. The smallest absolute Gasteiger partial charge is 0.308 e. The number of aryl methyl sites for hydroxylation is 1. The van der Waals surface area contributed by atoms with E-state index in [1.807, 2.05) is 52.1 Å². The predicted octanol–water partition coefficient (Wildman–Crippen LogP) is 4.81. The first-order valence-electron chi connectivity index (χ1n) is 16.2. The van der Waals surface area contributed by atoms with Crippen molar-refractivity contribution in [3.05, 3.63) is 59.8 Å². The van der Waals surface area contributed by atoms with Crippen LogP contribution in [0.1, 0.15) is 56.1 Å². The lowest BCUT2D eigenvalue weighted by molar-refractivity contribution is -0.144. The molecule has 1 unspecified atom stereocenters. The third-order valence-electron chi connectivity index (χ3n) is 9.37. The molecule has 1 saturated heterocycles. The molecule has 44 heavy (non-hydrogen) atoms. The predicted molar refractivity (Wildman–Crippen MR) is 172 cm³/mol. The Hall–Kier alpha value is -3.56. The Balaban J connectivity index is 1.39. The number of aliphatic carboxylic acids is 1. The quantitative estimate of drug-likeness (QED) is 0.240. The zero-order valence-corrected chi connectivity index (χ0v) is 26.5. The molecule has 2 aliphatic heterocycles. The molecule has 3 heterocycles. The fourth-order valence-electron chi connectivity index (χ4n) is 6.98. The van der Waals surface area contributed by atoms with E-state index >= 15 is 0 Å². The first kappa shape index (κ1) is 31.9. The van der Waals surface area contributed by atoms with Gasteiger partial charge < -0.3 is 29.3 Å². The number of carboxylic acid groups (broad SMARTS) is 1. The van der Waals surface area contributed by atoms with Gasteiger partial charge in [-0.3, -0.25) is 14.5 Å². The van der Waals surface area contributed by atoms with Gasteiger partial charge in [0.2, 0.25) is 5.91 Å². The summed E-state index contributed by atoms with van der Waals surface area (Å²) in [6, 6.07) is 13.4. The fourth-order valence-corrected chi connectivity index (χ4v) is 6.98. The Bertz CT molecular complexity index is 1440. The molecule has 2 aliphatic rings. The Morgan fingerprint density at radius 2 is 1.82 bits per heavy atom. The van der Waals surface area contributed by atoms with Crippen LogP contribution in [0.15, 0.2) is 48.7 Å². The van der Waals surface area contributed by atoms with Crippen molar-refractivity contribution in [1.82, 2.24) is 19.3 Å². The molecular formula is C35H48N4O5. The maximum Gasteiger partial charge on any atom is 0.308 e. The maximum absolute atomic E-state index is 13.9. The highest BCUT2D eigenvalue weighted by Crippen LogP contribution is 2.41. The summed E-state index contributed by atoms with van der Waals surface area (Å²) in [5.41, 5.74) is 2.10. The van der Waals surface area contributed by atoms with Gasteiger partial charge in [-0.2, -0.15) is 0 Å². The van der Waals surface area contributed by atoms with Crippen molar-refractivity contribution < 1.29 is 24.5 Å². The first-order valence-corrected chi connectivity index (χ1v) is 16.2. The van der Waals surface area contributed by atoms with Gasteiger partial charge in [-0.1, -0.05) is 43.7 Å². The number of aromatic hydroxyl groups is 1. The molecule has 9 heteroatoms. The van der Waals surface area contributed by atoms with Crippen LogP contribution in [0, 0.1) is 5.92 Å². The van der Waals surface area contributed by atoms with Gasteiger partial charge in [0.05, 0.1) is 19.1 Å². The van der Waals surface area contributed by atoms with Crippen LogP contribution in [0.2, 0.25) is 0 Å². The third kappa shape index (κ3) is 7.21. The van der Waals surface area contributed by atoms with Crippen molar-refractivity contribution in [1.29, 1.82) is 0 Å². The number of amides is 1. The number of unbranched alkanes of at least 4 members (excludes halogenated alkanes) is 2. The van der Waals surface area contributed by atoms with Gasteiger partial charge >= 0.3 is 5.97 Å². The average molecular weight is 605 g/mol. The van der Waals surface area contributed by atoms with Gasteiger partial charge in [0.1, 0.15) is 5.75 Å². The summed E-state index contributed by atoms with van der Waals surface area (Å²) in [7, 11) is 4.12. The summed E-state index contributed by atoms with van der Waals surface area (Å²) >= 11 is 0. The van der Waals surface area contributed by atoms with Crippen LogP contribution >= 0.6 is 0 Å². The highest BCUT2D eigenvalue weighted by molar-refractivity contribution is 5.87. The molecule has 0 aliphatic carbocycles. The number of fused-ring (bicyclic) bond motifs is 2. The van der Waals surface area contributed by atoms with Gasteiger partial charge in [-0.15, -0.1) is 0 Å². The summed E-state index contributed by atoms with van der Waals surface area (Å²) in [6.45, 7) is 6.33. The van der Waals surface area contributed by atoms with Crippen LogP contribution in [0.3, 0.4) is 0 Å². The fraction of sp³-hybridized carbons (Fsp3) is 0.543. The second kappa shape index (κ2) is 14.5. The zero-order chi connectivity index (χ0) is 31.2. The SMILES string of the molecule is CCCCN(CCCCN(C)C)C(=O)CN1C[C@H](c2ccc3c(c2)CCO3)C(C(=O)O)[C@@H]1CCn1cc2ccccc2c1O. The second-order valence-corrected chi connectivity index (χ2v) is 12.7.